The second-order valence-electron chi connectivity index (χ2n) is 9.28. The number of aromatic nitrogens is 2. The molecule has 4 rings (SSSR count). The van der Waals surface area contributed by atoms with E-state index >= 15 is 0 Å². The van der Waals surface area contributed by atoms with E-state index in [0.29, 0.717) is 47.9 Å². The zero-order valence-corrected chi connectivity index (χ0v) is 22.3. The van der Waals surface area contributed by atoms with Crippen molar-refractivity contribution in [2.24, 2.45) is 0 Å². The van der Waals surface area contributed by atoms with Crippen LogP contribution in [0.3, 0.4) is 0 Å². The Kier molecular flexibility index (Phi) is 7.65. The van der Waals surface area contributed by atoms with Gasteiger partial charge in [-0.15, -0.1) is 11.3 Å². The number of halogens is 3. The molecule has 0 saturated carbocycles. The quantitative estimate of drug-likeness (QED) is 0.440. The number of rotatable bonds is 7. The van der Waals surface area contributed by atoms with Crippen LogP contribution in [0.2, 0.25) is 0 Å². The molecule has 13 heteroatoms. The van der Waals surface area contributed by atoms with Crippen LogP contribution in [0.5, 0.6) is 0 Å². The summed E-state index contributed by atoms with van der Waals surface area (Å²) in [6, 6.07) is 8.20. The van der Waals surface area contributed by atoms with Crippen molar-refractivity contribution >= 4 is 49.0 Å². The third-order valence-corrected chi connectivity index (χ3v) is 8.43. The molecule has 2 aromatic heterocycles. The highest BCUT2D eigenvalue weighted by Gasteiger charge is 2.30. The van der Waals surface area contributed by atoms with Gasteiger partial charge in [-0.05, 0) is 37.6 Å². The smallest absolute Gasteiger partial charge is 0.352 e. The van der Waals surface area contributed by atoms with Gasteiger partial charge < -0.3 is 9.80 Å². The van der Waals surface area contributed by atoms with Crippen LogP contribution in [0, 0.1) is 0 Å². The number of hydrogen-bond donors (Lipinski definition) is 0. The maximum absolute atomic E-state index is 12.9. The summed E-state index contributed by atoms with van der Waals surface area (Å²) < 4.78 is 64.0. The van der Waals surface area contributed by atoms with Crippen molar-refractivity contribution in [1.29, 1.82) is 0 Å². The molecule has 1 saturated heterocycles. The lowest BCUT2D eigenvalue weighted by Gasteiger charge is -2.35. The lowest BCUT2D eigenvalue weighted by Crippen LogP contribution is -2.49. The highest BCUT2D eigenvalue weighted by molar-refractivity contribution is 7.92. The molecule has 0 radical (unpaired) electrons. The molecule has 1 aliphatic heterocycles. The van der Waals surface area contributed by atoms with Crippen molar-refractivity contribution in [3.8, 4) is 0 Å². The third-order valence-electron chi connectivity index (χ3n) is 6.04. The van der Waals surface area contributed by atoms with Gasteiger partial charge in [0.1, 0.15) is 17.0 Å². The maximum Gasteiger partial charge on any atom is 0.393 e. The lowest BCUT2D eigenvalue weighted by atomic mass is 10.1. The van der Waals surface area contributed by atoms with E-state index in [1.54, 1.807) is 43.0 Å². The molecule has 8 nitrogen and oxygen atoms in total. The standard InChI is InChI=1S/C24H28F3N5O3S2/c1-16(2)32(37(3,34)35)18-6-4-17(5-7-18)12-21(33)30-8-10-31(11-9-30)22-20-13-19(14-24(25,26)27)36-23(20)29-15-28-22/h4-7,13,15-16H,8-12,14H2,1-3H3. The van der Waals surface area contributed by atoms with Crippen molar-refractivity contribution < 1.29 is 26.4 Å². The number of carbonyl (C=O) groups is 1. The summed E-state index contributed by atoms with van der Waals surface area (Å²) in [6.45, 7) is 5.50. The average Bonchev–Trinajstić information content (AvgIpc) is 3.20. The van der Waals surface area contributed by atoms with E-state index in [2.05, 4.69) is 9.97 Å². The number of anilines is 2. The Bertz CT molecular complexity index is 1370. The van der Waals surface area contributed by atoms with Crippen LogP contribution in [0.1, 0.15) is 24.3 Å². The topological polar surface area (TPSA) is 86.7 Å². The van der Waals surface area contributed by atoms with Crippen LogP contribution in [0.15, 0.2) is 36.7 Å². The summed E-state index contributed by atoms with van der Waals surface area (Å²) in [6.07, 6.45) is -2.58. The number of thiophene rings is 1. The Morgan fingerprint density at radius 3 is 2.32 bits per heavy atom. The van der Waals surface area contributed by atoms with Crippen LogP contribution in [0.4, 0.5) is 24.7 Å². The number of amides is 1. The van der Waals surface area contributed by atoms with Crippen molar-refractivity contribution in [1.82, 2.24) is 14.9 Å². The van der Waals surface area contributed by atoms with Crippen LogP contribution in [0.25, 0.3) is 10.2 Å². The van der Waals surface area contributed by atoms with E-state index in [4.69, 9.17) is 0 Å². The van der Waals surface area contributed by atoms with Gasteiger partial charge in [-0.25, -0.2) is 18.4 Å². The zero-order chi connectivity index (χ0) is 27.0. The maximum atomic E-state index is 12.9. The van der Waals surface area contributed by atoms with Gasteiger partial charge in [-0.2, -0.15) is 13.2 Å². The number of carbonyl (C=O) groups excluding carboxylic acids is 1. The number of alkyl halides is 3. The predicted molar refractivity (Wildman–Crippen MR) is 139 cm³/mol. The number of piperazine rings is 1. The fraction of sp³-hybridized carbons (Fsp3) is 0.458. The molecule has 3 aromatic rings. The molecule has 0 atom stereocenters. The summed E-state index contributed by atoms with van der Waals surface area (Å²) >= 11 is 1.02. The Morgan fingerprint density at radius 2 is 1.76 bits per heavy atom. The minimum Gasteiger partial charge on any atom is -0.352 e. The zero-order valence-electron chi connectivity index (χ0n) is 20.7. The Morgan fingerprint density at radius 1 is 1.11 bits per heavy atom. The molecule has 1 aliphatic rings. The predicted octanol–water partition coefficient (Wildman–Crippen LogP) is 3.86. The second kappa shape index (κ2) is 10.4. The van der Waals surface area contributed by atoms with Gasteiger partial charge in [0.2, 0.25) is 15.9 Å². The molecule has 0 unspecified atom stereocenters. The van der Waals surface area contributed by atoms with Crippen molar-refractivity contribution in [2.45, 2.75) is 38.9 Å². The van der Waals surface area contributed by atoms with Gasteiger partial charge in [-0.1, -0.05) is 12.1 Å². The van der Waals surface area contributed by atoms with Crippen LogP contribution in [-0.2, 0) is 27.7 Å². The largest absolute Gasteiger partial charge is 0.393 e. The molecule has 1 fully saturated rings. The number of fused-ring (bicyclic) bond motifs is 1. The highest BCUT2D eigenvalue weighted by Crippen LogP contribution is 2.34. The summed E-state index contributed by atoms with van der Waals surface area (Å²) in [5.41, 5.74) is 1.33. The number of nitrogens with zero attached hydrogens (tertiary/aromatic N) is 5. The van der Waals surface area contributed by atoms with E-state index in [1.807, 2.05) is 4.90 Å². The van der Waals surface area contributed by atoms with Gasteiger partial charge in [0, 0.05) is 37.1 Å². The highest BCUT2D eigenvalue weighted by atomic mass is 32.2. The molecule has 0 bridgehead atoms. The molecular formula is C24H28F3N5O3S2. The number of hydrogen-bond acceptors (Lipinski definition) is 7. The van der Waals surface area contributed by atoms with Crippen LogP contribution < -0.4 is 9.21 Å². The summed E-state index contributed by atoms with van der Waals surface area (Å²) in [7, 11) is -3.42. The first kappa shape index (κ1) is 27.1. The average molecular weight is 556 g/mol. The second-order valence-corrected chi connectivity index (χ2v) is 12.3. The van der Waals surface area contributed by atoms with Crippen molar-refractivity contribution in [2.75, 3.05) is 41.6 Å². The Labute approximate surface area is 217 Å². The third kappa shape index (κ3) is 6.50. The fourth-order valence-corrected chi connectivity index (χ4v) is 6.81. The van der Waals surface area contributed by atoms with E-state index in [9.17, 15) is 26.4 Å². The lowest BCUT2D eigenvalue weighted by molar-refractivity contribution is -0.130. The van der Waals surface area contributed by atoms with Gasteiger partial charge in [-0.3, -0.25) is 9.10 Å². The molecule has 1 amide bonds. The normalized spacial score (nSPS) is 15.0. The van der Waals surface area contributed by atoms with Gasteiger partial charge in [0.25, 0.3) is 0 Å². The van der Waals surface area contributed by atoms with Gasteiger partial charge >= 0.3 is 6.18 Å². The molecule has 200 valence electrons. The van der Waals surface area contributed by atoms with Crippen LogP contribution >= 0.6 is 11.3 Å². The molecular weight excluding hydrogens is 527 g/mol. The van der Waals surface area contributed by atoms with E-state index in [0.717, 1.165) is 23.2 Å². The van der Waals surface area contributed by atoms with E-state index in [-0.39, 0.29) is 23.2 Å². The number of sulfonamides is 1. The van der Waals surface area contributed by atoms with E-state index in [1.165, 1.54) is 16.7 Å². The van der Waals surface area contributed by atoms with Crippen molar-refractivity contribution in [3.63, 3.8) is 0 Å². The molecule has 0 spiro atoms. The Balaban J connectivity index is 1.39. The Hall–Kier alpha value is -2.93. The first-order valence-corrected chi connectivity index (χ1v) is 14.4. The first-order chi connectivity index (χ1) is 17.3. The molecule has 37 heavy (non-hydrogen) atoms. The van der Waals surface area contributed by atoms with Gasteiger partial charge in [0.15, 0.2) is 0 Å². The van der Waals surface area contributed by atoms with Crippen LogP contribution in [-0.4, -0.2) is 73.8 Å². The van der Waals surface area contributed by atoms with Gasteiger partial charge in [0.05, 0.1) is 30.2 Å². The minimum atomic E-state index is -4.29. The summed E-state index contributed by atoms with van der Waals surface area (Å²) in [5, 5.41) is 0.594. The number of benzene rings is 1. The van der Waals surface area contributed by atoms with Crippen molar-refractivity contribution in [3.05, 3.63) is 47.1 Å². The fourth-order valence-electron chi connectivity index (χ4n) is 4.52. The molecule has 0 aliphatic carbocycles. The van der Waals surface area contributed by atoms with E-state index < -0.39 is 22.6 Å². The molecule has 1 aromatic carbocycles. The summed E-state index contributed by atoms with van der Waals surface area (Å²) in [4.78, 5) is 25.8. The SMILES string of the molecule is CC(C)N(c1ccc(CC(=O)N2CCN(c3ncnc4sc(CC(F)(F)F)cc34)CC2)cc1)S(C)(=O)=O. The summed E-state index contributed by atoms with van der Waals surface area (Å²) in [5.74, 6) is 0.532. The first-order valence-electron chi connectivity index (χ1n) is 11.7. The molecule has 3 heterocycles. The monoisotopic (exact) mass is 555 g/mol. The molecule has 0 N–H and O–H groups in total. The minimum absolute atomic E-state index is 0.0490.